The fourth-order valence-electron chi connectivity index (χ4n) is 1.90. The summed E-state index contributed by atoms with van der Waals surface area (Å²) in [5.74, 6) is -0.183. The summed E-state index contributed by atoms with van der Waals surface area (Å²) in [5, 5.41) is 1.55. The van der Waals surface area contributed by atoms with Gasteiger partial charge in [0.05, 0.1) is 10.8 Å². The van der Waals surface area contributed by atoms with Crippen LogP contribution in [0.2, 0.25) is 0 Å². The molecule has 1 unspecified atom stereocenters. The maximum Gasteiger partial charge on any atom is 0.263 e. The molecule has 1 amide bonds. The van der Waals surface area contributed by atoms with Crippen LogP contribution in [0.5, 0.6) is 0 Å². The first-order valence-corrected chi connectivity index (χ1v) is 6.46. The van der Waals surface area contributed by atoms with Gasteiger partial charge in [-0.05, 0) is 35.9 Å². The Morgan fingerprint density at radius 3 is 2.94 bits per heavy atom. The summed E-state index contributed by atoms with van der Waals surface area (Å²) in [5.41, 5.74) is 0. The summed E-state index contributed by atoms with van der Waals surface area (Å²) in [6, 6.07) is 3.66. The number of rotatable bonds is 2. The van der Waals surface area contributed by atoms with Gasteiger partial charge in [-0.2, -0.15) is 0 Å². The molecule has 2 rings (SSSR count). The molecule has 1 aromatic rings. The number of likely N-dealkylation sites (tertiary alicyclic amines) is 1. The normalized spacial score (nSPS) is 20.8. The molecular formula is C11H12ClNO2S. The van der Waals surface area contributed by atoms with Crippen molar-refractivity contribution in [1.29, 1.82) is 0 Å². The van der Waals surface area contributed by atoms with Crippen LogP contribution in [0.4, 0.5) is 0 Å². The molecule has 0 spiro atoms. The zero-order valence-corrected chi connectivity index (χ0v) is 10.3. The fraction of sp³-hybridized carbons (Fsp3) is 0.455. The highest BCUT2D eigenvalue weighted by molar-refractivity contribution is 7.12. The number of carbonyl (C=O) groups is 2. The second kappa shape index (κ2) is 4.97. The Balaban J connectivity index is 2.05. The first kappa shape index (κ1) is 11.6. The van der Waals surface area contributed by atoms with E-state index in [9.17, 15) is 9.59 Å². The smallest absolute Gasteiger partial charge is 0.263 e. The van der Waals surface area contributed by atoms with Gasteiger partial charge in [-0.1, -0.05) is 6.07 Å². The van der Waals surface area contributed by atoms with Gasteiger partial charge in [0.25, 0.3) is 5.91 Å². The van der Waals surface area contributed by atoms with Gasteiger partial charge in [-0.25, -0.2) is 0 Å². The van der Waals surface area contributed by atoms with E-state index in [1.165, 1.54) is 11.3 Å². The second-order valence-corrected chi connectivity index (χ2v) is 5.19. The minimum absolute atomic E-state index is 0.0117. The van der Waals surface area contributed by atoms with Gasteiger partial charge >= 0.3 is 0 Å². The second-order valence-electron chi connectivity index (χ2n) is 3.87. The standard InChI is InChI=1S/C11H12ClNO2S/c12-10(14)8-3-1-5-13(7-8)11(15)9-4-2-6-16-9/h2,4,6,8H,1,3,5,7H2. The number of amides is 1. The van der Waals surface area contributed by atoms with Crippen LogP contribution in [0.25, 0.3) is 0 Å². The Bertz CT molecular complexity index is 391. The zero-order valence-electron chi connectivity index (χ0n) is 8.69. The molecule has 1 atom stereocenters. The van der Waals surface area contributed by atoms with Gasteiger partial charge in [-0.15, -0.1) is 11.3 Å². The van der Waals surface area contributed by atoms with Crippen molar-refractivity contribution in [2.75, 3.05) is 13.1 Å². The third kappa shape index (κ3) is 2.44. The number of carbonyl (C=O) groups excluding carboxylic acids is 2. The minimum atomic E-state index is -0.330. The van der Waals surface area contributed by atoms with Gasteiger partial charge in [-0.3, -0.25) is 9.59 Å². The fourth-order valence-corrected chi connectivity index (χ4v) is 2.77. The number of piperidine rings is 1. The zero-order chi connectivity index (χ0) is 11.5. The lowest BCUT2D eigenvalue weighted by Crippen LogP contribution is -2.41. The lowest BCUT2D eigenvalue weighted by molar-refractivity contribution is -0.116. The van der Waals surface area contributed by atoms with Gasteiger partial charge in [0.2, 0.25) is 5.24 Å². The van der Waals surface area contributed by atoms with Crippen molar-refractivity contribution in [2.45, 2.75) is 12.8 Å². The lowest BCUT2D eigenvalue weighted by atomic mass is 9.99. The SMILES string of the molecule is O=C(Cl)C1CCCN(C(=O)c2cccs2)C1. The Labute approximate surface area is 103 Å². The van der Waals surface area contributed by atoms with Crippen molar-refractivity contribution < 1.29 is 9.59 Å². The molecule has 1 aromatic heterocycles. The molecule has 1 fully saturated rings. The van der Waals surface area contributed by atoms with E-state index in [1.54, 1.807) is 11.0 Å². The van der Waals surface area contributed by atoms with Crippen LogP contribution >= 0.6 is 22.9 Å². The van der Waals surface area contributed by atoms with Crippen LogP contribution in [0.1, 0.15) is 22.5 Å². The summed E-state index contributed by atoms with van der Waals surface area (Å²) >= 11 is 6.90. The van der Waals surface area contributed by atoms with Crippen molar-refractivity contribution in [1.82, 2.24) is 4.90 Å². The quantitative estimate of drug-likeness (QED) is 0.763. The third-order valence-corrected chi connectivity index (χ3v) is 3.93. The van der Waals surface area contributed by atoms with Crippen LogP contribution in [-0.4, -0.2) is 29.1 Å². The molecule has 1 saturated heterocycles. The average Bonchev–Trinajstić information content (AvgIpc) is 2.81. The maximum absolute atomic E-state index is 12.0. The van der Waals surface area contributed by atoms with Crippen LogP contribution < -0.4 is 0 Å². The van der Waals surface area contributed by atoms with Crippen LogP contribution in [0.3, 0.4) is 0 Å². The molecule has 0 aromatic carbocycles. The molecule has 0 aliphatic carbocycles. The Morgan fingerprint density at radius 2 is 2.31 bits per heavy atom. The van der Waals surface area contributed by atoms with E-state index in [2.05, 4.69) is 0 Å². The molecule has 0 N–H and O–H groups in total. The highest BCUT2D eigenvalue weighted by Crippen LogP contribution is 2.21. The van der Waals surface area contributed by atoms with E-state index in [0.717, 1.165) is 24.3 Å². The van der Waals surface area contributed by atoms with Gasteiger partial charge in [0.15, 0.2) is 0 Å². The van der Waals surface area contributed by atoms with Crippen LogP contribution in [0.15, 0.2) is 17.5 Å². The molecule has 86 valence electrons. The molecule has 0 saturated carbocycles. The van der Waals surface area contributed by atoms with Crippen LogP contribution in [0, 0.1) is 5.92 Å². The summed E-state index contributed by atoms with van der Waals surface area (Å²) in [4.78, 5) is 25.5. The molecule has 1 aliphatic heterocycles. The predicted molar refractivity (Wildman–Crippen MR) is 63.8 cm³/mol. The largest absolute Gasteiger partial charge is 0.337 e. The van der Waals surface area contributed by atoms with E-state index in [1.807, 2.05) is 11.4 Å². The van der Waals surface area contributed by atoms with E-state index in [0.29, 0.717) is 6.54 Å². The molecule has 5 heteroatoms. The molecule has 3 nitrogen and oxygen atoms in total. The first-order valence-electron chi connectivity index (χ1n) is 5.20. The van der Waals surface area contributed by atoms with E-state index in [-0.39, 0.29) is 17.1 Å². The van der Waals surface area contributed by atoms with Gasteiger partial charge in [0, 0.05) is 13.1 Å². The summed E-state index contributed by atoms with van der Waals surface area (Å²) in [6.45, 7) is 1.18. The molecule has 2 heterocycles. The van der Waals surface area contributed by atoms with Gasteiger partial charge in [0.1, 0.15) is 0 Å². The highest BCUT2D eigenvalue weighted by atomic mass is 35.5. The molecule has 16 heavy (non-hydrogen) atoms. The monoisotopic (exact) mass is 257 g/mol. The predicted octanol–water partition coefficient (Wildman–Crippen LogP) is 2.37. The van der Waals surface area contributed by atoms with Gasteiger partial charge < -0.3 is 4.90 Å². The highest BCUT2D eigenvalue weighted by Gasteiger charge is 2.28. The van der Waals surface area contributed by atoms with E-state index >= 15 is 0 Å². The summed E-state index contributed by atoms with van der Waals surface area (Å²) in [6.07, 6.45) is 1.64. The summed E-state index contributed by atoms with van der Waals surface area (Å²) < 4.78 is 0. The van der Waals surface area contributed by atoms with Crippen LogP contribution in [-0.2, 0) is 4.79 Å². The number of halogens is 1. The minimum Gasteiger partial charge on any atom is -0.337 e. The first-order chi connectivity index (χ1) is 7.68. The lowest BCUT2D eigenvalue weighted by Gasteiger charge is -2.30. The molecule has 0 bridgehead atoms. The Hall–Kier alpha value is -0.870. The number of hydrogen-bond acceptors (Lipinski definition) is 3. The Kier molecular flexibility index (Phi) is 3.61. The summed E-state index contributed by atoms with van der Waals surface area (Å²) in [7, 11) is 0. The van der Waals surface area contributed by atoms with Crippen molar-refractivity contribution in [3.8, 4) is 0 Å². The number of thiophene rings is 1. The average molecular weight is 258 g/mol. The number of nitrogens with zero attached hydrogens (tertiary/aromatic N) is 1. The van der Waals surface area contributed by atoms with Crippen molar-refractivity contribution in [2.24, 2.45) is 5.92 Å². The van der Waals surface area contributed by atoms with Crippen molar-refractivity contribution >= 4 is 34.1 Å². The Morgan fingerprint density at radius 1 is 1.50 bits per heavy atom. The van der Waals surface area contributed by atoms with Crippen molar-refractivity contribution in [3.05, 3.63) is 22.4 Å². The number of hydrogen-bond donors (Lipinski definition) is 0. The molecule has 1 aliphatic rings. The third-order valence-electron chi connectivity index (χ3n) is 2.76. The molecular weight excluding hydrogens is 246 g/mol. The molecule has 0 radical (unpaired) electrons. The topological polar surface area (TPSA) is 37.4 Å². The van der Waals surface area contributed by atoms with E-state index in [4.69, 9.17) is 11.6 Å². The van der Waals surface area contributed by atoms with E-state index < -0.39 is 0 Å². The maximum atomic E-state index is 12.0. The van der Waals surface area contributed by atoms with Crippen molar-refractivity contribution in [3.63, 3.8) is 0 Å².